The third-order valence-electron chi connectivity index (χ3n) is 7.39. The smallest absolute Gasteiger partial charge is 0.200 e. The molecular weight excluding hydrogens is 336 g/mol. The maximum absolute atomic E-state index is 10.5. The van der Waals surface area contributed by atoms with Gasteiger partial charge in [0.1, 0.15) is 0 Å². The summed E-state index contributed by atoms with van der Waals surface area (Å²) in [5.74, 6) is 0.913. The molecule has 0 bridgehead atoms. The quantitative estimate of drug-likeness (QED) is 0.423. The van der Waals surface area contributed by atoms with Gasteiger partial charge in [-0.3, -0.25) is 0 Å². The second kappa shape index (κ2) is 7.93. The highest BCUT2D eigenvalue weighted by Gasteiger charge is 2.46. The monoisotopic (exact) mass is 378 g/mol. The van der Waals surface area contributed by atoms with E-state index in [1.807, 2.05) is 0 Å². The number of aliphatic hydroxyl groups excluding tert-OH is 1. The third-order valence-corrected chi connectivity index (χ3v) is 13.4. The summed E-state index contributed by atoms with van der Waals surface area (Å²) in [6, 6.07) is 0. The molecule has 2 aliphatic carbocycles. The van der Waals surface area contributed by atoms with Gasteiger partial charge < -0.3 is 9.53 Å². The van der Waals surface area contributed by atoms with E-state index in [0.717, 1.165) is 19.4 Å². The molecule has 2 aliphatic rings. The first-order valence-corrected chi connectivity index (χ1v) is 12.8. The topological polar surface area (TPSA) is 29.5 Å². The summed E-state index contributed by atoms with van der Waals surface area (Å²) in [5, 5.41) is 10.5. The molecule has 0 aliphatic heterocycles. The minimum absolute atomic E-state index is 0.0938. The molecule has 1 fully saturated rings. The van der Waals surface area contributed by atoms with E-state index in [4.69, 9.17) is 4.43 Å². The van der Waals surface area contributed by atoms with Crippen molar-refractivity contribution in [3.8, 4) is 0 Å². The molecule has 3 heteroatoms. The molecule has 0 heterocycles. The molecule has 26 heavy (non-hydrogen) atoms. The molecule has 0 aromatic carbocycles. The molecule has 0 aromatic heterocycles. The van der Waals surface area contributed by atoms with Gasteiger partial charge in [-0.2, -0.15) is 0 Å². The summed E-state index contributed by atoms with van der Waals surface area (Å²) in [6.07, 6.45) is 6.54. The standard InChI is InChI=1S/C23H42O2Si/c1-15(2)26(16(3)4,17(5)6)25-14-20-12-19-13-22(24)23(8,9)21(19)11-10-18(20)7/h11-12,15-19,22,24H,10,13-14H2,1-9H3/t18-,19?,22?/m1/s1. The molecule has 2 unspecified atom stereocenters. The first-order valence-electron chi connectivity index (χ1n) is 10.7. The first kappa shape index (κ1) is 21.9. The number of rotatable bonds is 6. The second-order valence-corrected chi connectivity index (χ2v) is 15.7. The Kier molecular flexibility index (Phi) is 6.68. The van der Waals surface area contributed by atoms with Crippen molar-refractivity contribution in [3.05, 3.63) is 23.3 Å². The van der Waals surface area contributed by atoms with Gasteiger partial charge in [-0.05, 0) is 41.0 Å². The van der Waals surface area contributed by atoms with Crippen molar-refractivity contribution >= 4 is 8.32 Å². The predicted molar refractivity (Wildman–Crippen MR) is 115 cm³/mol. The number of fused-ring (bicyclic) bond motifs is 1. The maximum atomic E-state index is 10.5. The average molecular weight is 379 g/mol. The Morgan fingerprint density at radius 3 is 2.15 bits per heavy atom. The van der Waals surface area contributed by atoms with Gasteiger partial charge in [-0.25, -0.2) is 0 Å². The van der Waals surface area contributed by atoms with Gasteiger partial charge in [-0.15, -0.1) is 0 Å². The van der Waals surface area contributed by atoms with E-state index in [2.05, 4.69) is 74.5 Å². The van der Waals surface area contributed by atoms with Gasteiger partial charge in [0.25, 0.3) is 0 Å². The number of hydrogen-bond donors (Lipinski definition) is 1. The zero-order chi connectivity index (χ0) is 19.9. The molecule has 1 N–H and O–H groups in total. The van der Waals surface area contributed by atoms with E-state index in [-0.39, 0.29) is 11.5 Å². The highest BCUT2D eigenvalue weighted by atomic mass is 28.4. The lowest BCUT2D eigenvalue weighted by molar-refractivity contribution is 0.0942. The summed E-state index contributed by atoms with van der Waals surface area (Å²) < 4.78 is 6.89. The Morgan fingerprint density at radius 2 is 1.65 bits per heavy atom. The van der Waals surface area contributed by atoms with Crippen LogP contribution in [0.4, 0.5) is 0 Å². The van der Waals surface area contributed by atoms with Gasteiger partial charge in [0, 0.05) is 11.3 Å². The Morgan fingerprint density at radius 1 is 1.12 bits per heavy atom. The van der Waals surface area contributed by atoms with Gasteiger partial charge in [0.2, 0.25) is 8.32 Å². The molecule has 0 radical (unpaired) electrons. The van der Waals surface area contributed by atoms with Crippen molar-refractivity contribution in [3.63, 3.8) is 0 Å². The summed E-state index contributed by atoms with van der Waals surface area (Å²) in [7, 11) is -1.84. The zero-order valence-corrected chi connectivity index (χ0v) is 19.6. The van der Waals surface area contributed by atoms with Gasteiger partial charge in [-0.1, -0.05) is 80.0 Å². The van der Waals surface area contributed by atoms with Gasteiger partial charge in [0.15, 0.2) is 0 Å². The van der Waals surface area contributed by atoms with Gasteiger partial charge in [0.05, 0.1) is 12.7 Å². The molecule has 1 saturated carbocycles. The maximum Gasteiger partial charge on any atom is 0.200 e. The second-order valence-electron chi connectivity index (χ2n) is 10.2. The van der Waals surface area contributed by atoms with Crippen molar-refractivity contribution in [2.24, 2.45) is 17.3 Å². The van der Waals surface area contributed by atoms with Crippen LogP contribution in [-0.4, -0.2) is 26.1 Å². The summed E-state index contributed by atoms with van der Waals surface area (Å²) in [5.41, 5.74) is 4.64. The van der Waals surface area contributed by atoms with Crippen LogP contribution in [0.1, 0.15) is 75.2 Å². The SMILES string of the molecule is CC(C)[Si](OCC1=CC2CC(O)C(C)(C)C2=CC[C@H]1C)(C(C)C)C(C)C. The van der Waals surface area contributed by atoms with Crippen molar-refractivity contribution in [2.75, 3.05) is 6.61 Å². The Hall–Kier alpha value is -0.383. The number of hydrogen-bond acceptors (Lipinski definition) is 2. The van der Waals surface area contributed by atoms with E-state index in [1.165, 1.54) is 11.1 Å². The van der Waals surface area contributed by atoms with E-state index in [0.29, 0.717) is 28.5 Å². The van der Waals surface area contributed by atoms with Crippen LogP contribution in [0, 0.1) is 17.3 Å². The number of allylic oxidation sites excluding steroid dienone is 2. The Bertz CT molecular complexity index is 535. The lowest BCUT2D eigenvalue weighted by Crippen LogP contribution is -2.48. The zero-order valence-electron chi connectivity index (χ0n) is 18.6. The van der Waals surface area contributed by atoms with Crippen molar-refractivity contribution in [1.29, 1.82) is 0 Å². The van der Waals surface area contributed by atoms with Crippen LogP contribution in [-0.2, 0) is 4.43 Å². The van der Waals surface area contributed by atoms with Gasteiger partial charge >= 0.3 is 0 Å². The highest BCUT2D eigenvalue weighted by molar-refractivity contribution is 6.77. The van der Waals surface area contributed by atoms with Crippen LogP contribution in [0.2, 0.25) is 16.6 Å². The van der Waals surface area contributed by atoms with E-state index in [9.17, 15) is 5.11 Å². The molecule has 0 aromatic rings. The fourth-order valence-electron chi connectivity index (χ4n) is 5.68. The van der Waals surface area contributed by atoms with Crippen LogP contribution in [0.3, 0.4) is 0 Å². The minimum atomic E-state index is -1.84. The predicted octanol–water partition coefficient (Wildman–Crippen LogP) is 6.48. The summed E-state index contributed by atoms with van der Waals surface area (Å²) >= 11 is 0. The molecule has 2 rings (SSSR count). The number of aliphatic hydroxyl groups is 1. The third kappa shape index (κ3) is 3.77. The van der Waals surface area contributed by atoms with Crippen LogP contribution in [0.25, 0.3) is 0 Å². The lowest BCUT2D eigenvalue weighted by atomic mass is 9.83. The molecule has 0 spiro atoms. The lowest BCUT2D eigenvalue weighted by Gasteiger charge is -2.42. The van der Waals surface area contributed by atoms with E-state index >= 15 is 0 Å². The molecule has 0 amide bonds. The van der Waals surface area contributed by atoms with Crippen LogP contribution >= 0.6 is 0 Å². The van der Waals surface area contributed by atoms with Crippen LogP contribution in [0.15, 0.2) is 23.3 Å². The normalized spacial score (nSPS) is 29.0. The Labute approximate surface area is 163 Å². The molecular formula is C23H42O2Si. The Balaban J connectivity index is 2.25. The van der Waals surface area contributed by atoms with Crippen LogP contribution < -0.4 is 0 Å². The summed E-state index contributed by atoms with van der Waals surface area (Å²) in [6.45, 7) is 21.6. The minimum Gasteiger partial charge on any atom is -0.412 e. The highest BCUT2D eigenvalue weighted by Crippen LogP contribution is 2.49. The van der Waals surface area contributed by atoms with Crippen LogP contribution in [0.5, 0.6) is 0 Å². The average Bonchev–Trinajstić information content (AvgIpc) is 2.63. The van der Waals surface area contributed by atoms with Crippen molar-refractivity contribution in [1.82, 2.24) is 0 Å². The fourth-order valence-corrected chi connectivity index (χ4v) is 11.1. The molecule has 2 nitrogen and oxygen atoms in total. The molecule has 150 valence electrons. The van der Waals surface area contributed by atoms with E-state index < -0.39 is 8.32 Å². The largest absolute Gasteiger partial charge is 0.412 e. The molecule has 0 saturated heterocycles. The first-order chi connectivity index (χ1) is 11.9. The molecule has 3 atom stereocenters. The van der Waals surface area contributed by atoms with E-state index in [1.54, 1.807) is 0 Å². The fraction of sp³-hybridized carbons (Fsp3) is 0.826. The van der Waals surface area contributed by atoms with Crippen molar-refractivity contribution in [2.45, 2.75) is 97.9 Å². The summed E-state index contributed by atoms with van der Waals surface area (Å²) in [4.78, 5) is 0. The van der Waals surface area contributed by atoms with Crippen molar-refractivity contribution < 1.29 is 9.53 Å².